The van der Waals surface area contributed by atoms with Crippen LogP contribution in [0.4, 0.5) is 20.3 Å². The van der Waals surface area contributed by atoms with Crippen LogP contribution in [0.5, 0.6) is 0 Å². The molecule has 7 nitrogen and oxygen atoms in total. The first-order chi connectivity index (χ1) is 15.2. The van der Waals surface area contributed by atoms with Crippen molar-refractivity contribution in [1.82, 2.24) is 14.4 Å². The molecule has 0 spiro atoms. The average Bonchev–Trinajstić information content (AvgIpc) is 3.11. The van der Waals surface area contributed by atoms with E-state index in [0.29, 0.717) is 22.6 Å². The Kier molecular flexibility index (Phi) is 5.35. The second-order valence-electron chi connectivity index (χ2n) is 7.52. The van der Waals surface area contributed by atoms with Gasteiger partial charge in [0.25, 0.3) is 5.91 Å². The van der Waals surface area contributed by atoms with Crippen LogP contribution < -0.4 is 11.1 Å². The first-order valence-corrected chi connectivity index (χ1v) is 9.83. The minimum atomic E-state index is -1.65. The largest absolute Gasteiger partial charge is 0.382 e. The summed E-state index contributed by atoms with van der Waals surface area (Å²) >= 11 is 0. The van der Waals surface area contributed by atoms with Crippen molar-refractivity contribution in [1.29, 1.82) is 0 Å². The number of nitrogen functional groups attached to an aromatic ring is 1. The van der Waals surface area contributed by atoms with Crippen molar-refractivity contribution in [2.75, 3.05) is 11.1 Å². The van der Waals surface area contributed by atoms with Gasteiger partial charge in [-0.1, -0.05) is 18.2 Å². The van der Waals surface area contributed by atoms with Crippen LogP contribution in [0.1, 0.15) is 28.7 Å². The molecule has 2 aromatic heterocycles. The van der Waals surface area contributed by atoms with Gasteiger partial charge in [-0.05, 0) is 50.1 Å². The van der Waals surface area contributed by atoms with Crippen LogP contribution >= 0.6 is 0 Å². The van der Waals surface area contributed by atoms with Crippen molar-refractivity contribution in [3.8, 4) is 11.3 Å². The van der Waals surface area contributed by atoms with Gasteiger partial charge in [-0.3, -0.25) is 9.20 Å². The lowest BCUT2D eigenvalue weighted by Gasteiger charge is -2.14. The predicted octanol–water partition coefficient (Wildman–Crippen LogP) is 3.85. The highest BCUT2D eigenvalue weighted by Gasteiger charge is 2.23. The van der Waals surface area contributed by atoms with Gasteiger partial charge in [0, 0.05) is 17.5 Å². The fraction of sp³-hybridized carbons (Fsp3) is 0.174. The summed E-state index contributed by atoms with van der Waals surface area (Å²) in [7, 11) is 0. The number of imidazole rings is 1. The second kappa shape index (κ2) is 8.01. The third-order valence-corrected chi connectivity index (χ3v) is 5.34. The number of benzene rings is 2. The minimum absolute atomic E-state index is 0.0644. The van der Waals surface area contributed by atoms with Crippen molar-refractivity contribution in [2.45, 2.75) is 26.9 Å². The number of amides is 1. The van der Waals surface area contributed by atoms with Gasteiger partial charge in [-0.15, -0.1) is 0 Å². The third-order valence-electron chi connectivity index (χ3n) is 5.34. The molecule has 0 saturated heterocycles. The van der Waals surface area contributed by atoms with E-state index < -0.39 is 23.6 Å². The number of nitrogens with one attached hydrogen (secondary N) is 1. The summed E-state index contributed by atoms with van der Waals surface area (Å²) in [6.07, 6.45) is -0.0183. The van der Waals surface area contributed by atoms with Crippen LogP contribution in [0.2, 0.25) is 0 Å². The highest BCUT2D eigenvalue weighted by atomic mass is 19.1. The molecule has 2 aromatic carbocycles. The number of hydrogen-bond acceptors (Lipinski definition) is 5. The summed E-state index contributed by atoms with van der Waals surface area (Å²) in [5, 5.41) is 12.6. The second-order valence-corrected chi connectivity index (χ2v) is 7.52. The number of nitrogens with two attached hydrogens (primary N) is 1. The molecule has 0 aliphatic heterocycles. The number of carbonyl (C=O) groups excluding carboxylic acids is 1. The van der Waals surface area contributed by atoms with Crippen LogP contribution in [0, 0.1) is 32.4 Å². The van der Waals surface area contributed by atoms with Crippen molar-refractivity contribution < 1.29 is 18.7 Å². The molecule has 4 rings (SSSR count). The summed E-state index contributed by atoms with van der Waals surface area (Å²) in [6.45, 7) is 5.24. The standard InChI is InChI=1S/C23H21F2N5O2/c1-11-10-27-22(26)20-19(28-13(3)30(11)20)16-7-8-17(18(25)12(16)2)29-23(32)21(31)14-5-4-6-15(24)9-14/h4-10,21,31H,1-3H3,(H2,26,27)(H,29,32). The van der Waals surface area contributed by atoms with Crippen molar-refractivity contribution >= 4 is 22.9 Å². The van der Waals surface area contributed by atoms with Gasteiger partial charge in [-0.25, -0.2) is 18.7 Å². The van der Waals surface area contributed by atoms with E-state index in [1.807, 2.05) is 18.2 Å². The number of halogens is 2. The summed E-state index contributed by atoms with van der Waals surface area (Å²) < 4.78 is 30.4. The van der Waals surface area contributed by atoms with Crippen molar-refractivity contribution in [3.63, 3.8) is 0 Å². The maximum absolute atomic E-state index is 15.2. The summed E-state index contributed by atoms with van der Waals surface area (Å²) in [4.78, 5) is 21.2. The number of aromatic nitrogens is 3. The number of rotatable bonds is 4. The Morgan fingerprint density at radius 2 is 1.94 bits per heavy atom. The van der Waals surface area contributed by atoms with Crippen LogP contribution in [-0.2, 0) is 4.79 Å². The first-order valence-electron chi connectivity index (χ1n) is 9.83. The zero-order valence-electron chi connectivity index (χ0n) is 17.6. The highest BCUT2D eigenvalue weighted by Crippen LogP contribution is 2.34. The van der Waals surface area contributed by atoms with E-state index in [4.69, 9.17) is 5.73 Å². The number of aliphatic hydroxyl groups is 1. The number of aliphatic hydroxyl groups excluding tert-OH is 1. The van der Waals surface area contributed by atoms with Crippen LogP contribution in [0.15, 0.2) is 42.6 Å². The van der Waals surface area contributed by atoms with Gasteiger partial charge in [-0.2, -0.15) is 0 Å². The topological polar surface area (TPSA) is 106 Å². The molecule has 0 radical (unpaired) electrons. The van der Waals surface area contributed by atoms with Crippen LogP contribution in [-0.4, -0.2) is 25.4 Å². The number of carbonyl (C=O) groups is 1. The zero-order valence-corrected chi connectivity index (χ0v) is 17.6. The number of hydrogen-bond donors (Lipinski definition) is 3. The maximum Gasteiger partial charge on any atom is 0.257 e. The molecule has 164 valence electrons. The molecule has 0 bridgehead atoms. The molecule has 1 amide bonds. The first kappa shape index (κ1) is 21.4. The number of aryl methyl sites for hydroxylation is 2. The molecule has 32 heavy (non-hydrogen) atoms. The van der Waals surface area contributed by atoms with E-state index in [1.165, 1.54) is 24.3 Å². The van der Waals surface area contributed by atoms with Gasteiger partial charge in [0.05, 0.1) is 5.69 Å². The van der Waals surface area contributed by atoms with E-state index in [9.17, 15) is 14.3 Å². The molecule has 4 aromatic rings. The smallest absolute Gasteiger partial charge is 0.257 e. The van der Waals surface area contributed by atoms with Gasteiger partial charge < -0.3 is 16.2 Å². The lowest BCUT2D eigenvalue weighted by atomic mass is 10.0. The Morgan fingerprint density at radius 3 is 2.66 bits per heavy atom. The van der Waals surface area contributed by atoms with Crippen molar-refractivity contribution in [2.24, 2.45) is 0 Å². The summed E-state index contributed by atoms with van der Waals surface area (Å²) in [6, 6.07) is 8.02. The molecule has 1 unspecified atom stereocenters. The van der Waals surface area contributed by atoms with Crippen molar-refractivity contribution in [3.05, 3.63) is 76.9 Å². The van der Waals surface area contributed by atoms with Gasteiger partial charge in [0.1, 0.15) is 34.5 Å². The number of fused-ring (bicyclic) bond motifs is 1. The lowest BCUT2D eigenvalue weighted by molar-refractivity contribution is -0.124. The van der Waals surface area contributed by atoms with Gasteiger partial charge in [0.2, 0.25) is 0 Å². The molecule has 2 heterocycles. The van der Waals surface area contributed by atoms with Gasteiger partial charge in [0.15, 0.2) is 6.10 Å². The van der Waals surface area contributed by atoms with E-state index >= 15 is 4.39 Å². The molecule has 0 saturated carbocycles. The number of nitrogens with zero attached hydrogens (tertiary/aromatic N) is 3. The molecule has 1 atom stereocenters. The number of anilines is 2. The fourth-order valence-electron chi connectivity index (χ4n) is 3.74. The lowest BCUT2D eigenvalue weighted by Crippen LogP contribution is -2.21. The SMILES string of the molecule is Cc1c(-c2nc(C)n3c(C)cnc(N)c23)ccc(NC(=O)C(O)c2cccc(F)c2)c1F. The Balaban J connectivity index is 1.70. The molecule has 0 aliphatic carbocycles. The zero-order chi connectivity index (χ0) is 23.2. The fourth-order valence-corrected chi connectivity index (χ4v) is 3.74. The molecule has 4 N–H and O–H groups in total. The molecular formula is C23H21F2N5O2. The summed E-state index contributed by atoms with van der Waals surface area (Å²) in [5.74, 6) is -1.21. The average molecular weight is 437 g/mol. The minimum Gasteiger partial charge on any atom is -0.382 e. The van der Waals surface area contributed by atoms with Crippen LogP contribution in [0.25, 0.3) is 16.8 Å². The molecule has 0 aliphatic rings. The third kappa shape index (κ3) is 3.56. The Hall–Kier alpha value is -3.85. The van der Waals surface area contributed by atoms with Gasteiger partial charge >= 0.3 is 0 Å². The predicted molar refractivity (Wildman–Crippen MR) is 117 cm³/mol. The van der Waals surface area contributed by atoms with E-state index in [1.54, 1.807) is 19.2 Å². The highest BCUT2D eigenvalue weighted by molar-refractivity contribution is 5.95. The van der Waals surface area contributed by atoms with E-state index in [2.05, 4.69) is 15.3 Å². The Bertz CT molecular complexity index is 1370. The van der Waals surface area contributed by atoms with E-state index in [-0.39, 0.29) is 22.6 Å². The molecule has 0 fully saturated rings. The monoisotopic (exact) mass is 437 g/mol. The summed E-state index contributed by atoms with van der Waals surface area (Å²) in [5.41, 5.74) is 8.65. The van der Waals surface area contributed by atoms with Crippen LogP contribution in [0.3, 0.4) is 0 Å². The van der Waals surface area contributed by atoms with E-state index in [0.717, 1.165) is 11.8 Å². The molecule has 9 heteroatoms. The molecular weight excluding hydrogens is 416 g/mol. The maximum atomic E-state index is 15.2. The normalized spacial score (nSPS) is 12.2. The Labute approximate surface area is 182 Å². The quantitative estimate of drug-likeness (QED) is 0.450. The Morgan fingerprint density at radius 1 is 1.19 bits per heavy atom.